The van der Waals surface area contributed by atoms with Gasteiger partial charge in [-0.1, -0.05) is 6.07 Å². The number of nitro groups is 1. The Morgan fingerprint density at radius 2 is 2.10 bits per heavy atom. The standard InChI is InChI=1S/C21H20N6O4/c1-31-11-10-26-19-7-6-16(13-18(19)24-20(26)14-25-9-3-8-22-25)23-21(28)15-4-2-5-17(12-15)27(29)30/h2-9,12-13H,10-11,14H2,1H3,(H,23,28). The number of benzene rings is 2. The Bertz CT molecular complexity index is 1230. The molecule has 0 bridgehead atoms. The Morgan fingerprint density at radius 1 is 1.23 bits per heavy atom. The summed E-state index contributed by atoms with van der Waals surface area (Å²) < 4.78 is 9.08. The Kier molecular flexibility index (Phi) is 5.72. The molecule has 10 heteroatoms. The number of nitrogens with one attached hydrogen (secondary N) is 1. The molecule has 2 aromatic carbocycles. The minimum atomic E-state index is -0.531. The molecule has 1 amide bonds. The highest BCUT2D eigenvalue weighted by Gasteiger charge is 2.15. The smallest absolute Gasteiger partial charge is 0.270 e. The van der Waals surface area contributed by atoms with E-state index >= 15 is 0 Å². The SMILES string of the molecule is COCCn1c(Cn2cccn2)nc2cc(NC(=O)c3cccc([N+](=O)[O-])c3)ccc21. The van der Waals surface area contributed by atoms with Gasteiger partial charge in [-0.25, -0.2) is 4.98 Å². The maximum atomic E-state index is 12.6. The Labute approximate surface area is 177 Å². The summed E-state index contributed by atoms with van der Waals surface area (Å²) >= 11 is 0. The van der Waals surface area contributed by atoms with E-state index in [1.165, 1.54) is 24.3 Å². The Morgan fingerprint density at radius 3 is 2.84 bits per heavy atom. The van der Waals surface area contributed by atoms with Crippen molar-refractivity contribution in [2.75, 3.05) is 19.0 Å². The van der Waals surface area contributed by atoms with Crippen LogP contribution in [0.1, 0.15) is 16.2 Å². The van der Waals surface area contributed by atoms with E-state index in [1.54, 1.807) is 30.1 Å². The van der Waals surface area contributed by atoms with E-state index in [-0.39, 0.29) is 11.3 Å². The lowest BCUT2D eigenvalue weighted by Crippen LogP contribution is -2.12. The van der Waals surface area contributed by atoms with E-state index in [1.807, 2.05) is 18.3 Å². The fourth-order valence-corrected chi connectivity index (χ4v) is 3.31. The summed E-state index contributed by atoms with van der Waals surface area (Å²) in [5.74, 6) is 0.386. The van der Waals surface area contributed by atoms with Crippen LogP contribution in [0.5, 0.6) is 0 Å². The normalized spacial score (nSPS) is 11.0. The van der Waals surface area contributed by atoms with Gasteiger partial charge in [0.15, 0.2) is 0 Å². The summed E-state index contributed by atoms with van der Waals surface area (Å²) in [4.78, 5) is 27.7. The molecule has 0 saturated heterocycles. The number of fused-ring (bicyclic) bond motifs is 1. The zero-order chi connectivity index (χ0) is 21.8. The first-order valence-electron chi connectivity index (χ1n) is 9.56. The molecule has 10 nitrogen and oxygen atoms in total. The number of nitro benzene ring substituents is 1. The molecular formula is C21H20N6O4. The van der Waals surface area contributed by atoms with Gasteiger partial charge in [0.25, 0.3) is 11.6 Å². The second-order valence-corrected chi connectivity index (χ2v) is 6.84. The van der Waals surface area contributed by atoms with Crippen molar-refractivity contribution >= 4 is 28.3 Å². The van der Waals surface area contributed by atoms with Crippen molar-refractivity contribution in [3.63, 3.8) is 0 Å². The molecule has 0 aliphatic heterocycles. The predicted octanol–water partition coefficient (Wildman–Crippen LogP) is 3.09. The first-order chi connectivity index (χ1) is 15.0. The molecule has 0 saturated carbocycles. The van der Waals surface area contributed by atoms with Crippen LogP contribution >= 0.6 is 0 Å². The summed E-state index contributed by atoms with van der Waals surface area (Å²) in [7, 11) is 1.65. The maximum Gasteiger partial charge on any atom is 0.270 e. The molecule has 0 aliphatic rings. The number of amides is 1. The number of carbonyl (C=O) groups excluding carboxylic acids is 1. The average Bonchev–Trinajstić information content (AvgIpc) is 3.39. The third-order valence-corrected chi connectivity index (χ3v) is 4.79. The van der Waals surface area contributed by atoms with E-state index in [0.717, 1.165) is 16.9 Å². The van der Waals surface area contributed by atoms with E-state index in [4.69, 9.17) is 9.72 Å². The molecule has 158 valence electrons. The van der Waals surface area contributed by atoms with Crippen molar-refractivity contribution in [2.24, 2.45) is 0 Å². The number of anilines is 1. The van der Waals surface area contributed by atoms with Crippen LogP contribution in [-0.4, -0.2) is 43.9 Å². The molecule has 31 heavy (non-hydrogen) atoms. The minimum Gasteiger partial charge on any atom is -0.383 e. The van der Waals surface area contributed by atoms with Crippen LogP contribution in [0.3, 0.4) is 0 Å². The molecule has 0 radical (unpaired) electrons. The largest absolute Gasteiger partial charge is 0.383 e. The highest BCUT2D eigenvalue weighted by atomic mass is 16.6. The number of ether oxygens (including phenoxy) is 1. The third kappa shape index (κ3) is 4.43. The quantitative estimate of drug-likeness (QED) is 0.346. The summed E-state index contributed by atoms with van der Waals surface area (Å²) in [6.45, 7) is 1.66. The Hall–Kier alpha value is -4.05. The van der Waals surface area contributed by atoms with E-state index in [0.29, 0.717) is 25.4 Å². The van der Waals surface area contributed by atoms with E-state index < -0.39 is 10.8 Å². The predicted molar refractivity (Wildman–Crippen MR) is 114 cm³/mol. The molecule has 0 atom stereocenters. The van der Waals surface area contributed by atoms with Gasteiger partial charge in [0, 0.05) is 49.4 Å². The van der Waals surface area contributed by atoms with Gasteiger partial charge in [0.2, 0.25) is 0 Å². The van der Waals surface area contributed by atoms with E-state index in [2.05, 4.69) is 15.0 Å². The number of carbonyl (C=O) groups is 1. The molecular weight excluding hydrogens is 400 g/mol. The number of nitrogens with zero attached hydrogens (tertiary/aromatic N) is 5. The van der Waals surface area contributed by atoms with E-state index in [9.17, 15) is 14.9 Å². The van der Waals surface area contributed by atoms with Crippen LogP contribution in [0, 0.1) is 10.1 Å². The first-order valence-corrected chi connectivity index (χ1v) is 9.56. The van der Waals surface area contributed by atoms with Gasteiger partial charge < -0.3 is 14.6 Å². The molecule has 0 unspecified atom stereocenters. The molecule has 4 aromatic rings. The molecule has 1 N–H and O–H groups in total. The molecule has 4 rings (SSSR count). The van der Waals surface area contributed by atoms with Gasteiger partial charge in [-0.05, 0) is 30.3 Å². The summed E-state index contributed by atoms with van der Waals surface area (Å²) in [6, 6.07) is 12.9. The number of non-ortho nitro benzene ring substituents is 1. The number of methoxy groups -OCH3 is 1. The van der Waals surface area contributed by atoms with Gasteiger partial charge in [-0.2, -0.15) is 5.10 Å². The van der Waals surface area contributed by atoms with Crippen molar-refractivity contribution in [1.29, 1.82) is 0 Å². The van der Waals surface area contributed by atoms with Crippen LogP contribution in [0.4, 0.5) is 11.4 Å². The summed E-state index contributed by atoms with van der Waals surface area (Å²) in [6.07, 6.45) is 3.58. The summed E-state index contributed by atoms with van der Waals surface area (Å²) in [5.41, 5.74) is 2.25. The lowest BCUT2D eigenvalue weighted by Gasteiger charge is -2.09. The van der Waals surface area contributed by atoms with Crippen molar-refractivity contribution in [2.45, 2.75) is 13.1 Å². The number of aromatic nitrogens is 4. The first kappa shape index (κ1) is 20.2. The monoisotopic (exact) mass is 420 g/mol. The number of rotatable bonds is 8. The van der Waals surface area contributed by atoms with Crippen LogP contribution in [-0.2, 0) is 17.8 Å². The van der Waals surface area contributed by atoms with Crippen molar-refractivity contribution in [3.05, 3.63) is 82.4 Å². The molecule has 2 aromatic heterocycles. The molecule has 0 fully saturated rings. The number of hydrogen-bond acceptors (Lipinski definition) is 6. The lowest BCUT2D eigenvalue weighted by atomic mass is 10.2. The maximum absolute atomic E-state index is 12.6. The second-order valence-electron chi connectivity index (χ2n) is 6.84. The minimum absolute atomic E-state index is 0.136. The number of imidazole rings is 1. The average molecular weight is 420 g/mol. The highest BCUT2D eigenvalue weighted by molar-refractivity contribution is 6.05. The highest BCUT2D eigenvalue weighted by Crippen LogP contribution is 2.22. The van der Waals surface area contributed by atoms with Crippen LogP contribution < -0.4 is 5.32 Å². The zero-order valence-electron chi connectivity index (χ0n) is 16.8. The topological polar surface area (TPSA) is 117 Å². The van der Waals surface area contributed by atoms with Crippen molar-refractivity contribution in [1.82, 2.24) is 19.3 Å². The lowest BCUT2D eigenvalue weighted by molar-refractivity contribution is -0.384. The van der Waals surface area contributed by atoms with Crippen LogP contribution in [0.15, 0.2) is 60.9 Å². The van der Waals surface area contributed by atoms with Gasteiger partial charge in [-0.15, -0.1) is 0 Å². The van der Waals surface area contributed by atoms with Crippen molar-refractivity contribution in [3.8, 4) is 0 Å². The Balaban J connectivity index is 1.62. The molecule has 0 aliphatic carbocycles. The van der Waals surface area contributed by atoms with Crippen LogP contribution in [0.25, 0.3) is 11.0 Å². The van der Waals surface area contributed by atoms with Gasteiger partial charge >= 0.3 is 0 Å². The zero-order valence-corrected chi connectivity index (χ0v) is 16.8. The summed E-state index contributed by atoms with van der Waals surface area (Å²) in [5, 5.41) is 18.0. The molecule has 2 heterocycles. The molecule has 0 spiro atoms. The number of hydrogen-bond donors (Lipinski definition) is 1. The third-order valence-electron chi connectivity index (χ3n) is 4.79. The van der Waals surface area contributed by atoms with Crippen molar-refractivity contribution < 1.29 is 14.5 Å². The van der Waals surface area contributed by atoms with Crippen LogP contribution in [0.2, 0.25) is 0 Å². The van der Waals surface area contributed by atoms with Gasteiger partial charge in [0.05, 0.1) is 29.1 Å². The van der Waals surface area contributed by atoms with Gasteiger partial charge in [0.1, 0.15) is 5.82 Å². The van der Waals surface area contributed by atoms with Gasteiger partial charge in [-0.3, -0.25) is 19.6 Å². The fourth-order valence-electron chi connectivity index (χ4n) is 3.31. The second kappa shape index (κ2) is 8.76. The fraction of sp³-hybridized carbons (Fsp3) is 0.190.